The van der Waals surface area contributed by atoms with E-state index < -0.39 is 12.1 Å². The number of nitrogens with zero attached hydrogens (tertiary/aromatic N) is 6. The fourth-order valence-electron chi connectivity index (χ4n) is 6.78. The SMILES string of the molecule is CSCCNC(N)=NCCCCCCCCN(CCCCCCCCN=C(N)N)C(=O)N(CCCCCCCCN=C(N)N)CCCCCCCCN=C(N)NCCSC.O=C(O)C(F)(F)F. The maximum absolute atomic E-state index is 14.3. The van der Waals surface area contributed by atoms with Gasteiger partial charge in [0, 0.05) is 77.0 Å². The molecule has 22 heteroatoms. The normalized spacial score (nSPS) is 11.7. The van der Waals surface area contributed by atoms with Crippen LogP contribution in [0, 0.1) is 0 Å². The van der Waals surface area contributed by atoms with Gasteiger partial charge in [0.15, 0.2) is 23.8 Å². The first-order chi connectivity index (χ1) is 32.1. The lowest BCUT2D eigenvalue weighted by Crippen LogP contribution is -2.45. The molecule has 2 amide bonds. The van der Waals surface area contributed by atoms with E-state index in [9.17, 15) is 18.0 Å². The van der Waals surface area contributed by atoms with Crippen LogP contribution in [0.1, 0.15) is 154 Å². The van der Waals surface area contributed by atoms with E-state index in [-0.39, 0.29) is 18.0 Å². The van der Waals surface area contributed by atoms with Crippen LogP contribution in [0.4, 0.5) is 18.0 Å². The van der Waals surface area contributed by atoms with Crippen molar-refractivity contribution >= 4 is 59.4 Å². The molecular weight excluding hydrogens is 906 g/mol. The number of nitrogens with two attached hydrogens (primary N) is 6. The van der Waals surface area contributed by atoms with Crippen molar-refractivity contribution in [3.05, 3.63) is 0 Å². The Labute approximate surface area is 410 Å². The van der Waals surface area contributed by atoms with E-state index in [1.54, 1.807) is 23.5 Å². The number of carboxylic acids is 1. The fraction of sp³-hybridized carbons (Fsp3) is 0.867. The number of carboxylic acid groups (broad SMARTS) is 1. The predicted octanol–water partition coefficient (Wildman–Crippen LogP) is 6.79. The van der Waals surface area contributed by atoms with Crippen molar-refractivity contribution in [3.8, 4) is 0 Å². The van der Waals surface area contributed by atoms with Crippen molar-refractivity contribution in [2.45, 2.75) is 160 Å². The van der Waals surface area contributed by atoms with Gasteiger partial charge in [-0.25, -0.2) is 9.59 Å². The van der Waals surface area contributed by atoms with E-state index in [0.29, 0.717) is 25.0 Å². The summed E-state index contributed by atoms with van der Waals surface area (Å²) in [5, 5.41) is 13.5. The zero-order chi connectivity index (χ0) is 50.2. The minimum atomic E-state index is -5.08. The van der Waals surface area contributed by atoms with Gasteiger partial charge in [-0.3, -0.25) is 20.0 Å². The van der Waals surface area contributed by atoms with Gasteiger partial charge in [-0.15, -0.1) is 0 Å². The van der Waals surface area contributed by atoms with Crippen LogP contribution in [-0.2, 0) is 4.79 Å². The lowest BCUT2D eigenvalue weighted by Gasteiger charge is -2.31. The molecule has 0 aromatic carbocycles. The Morgan fingerprint density at radius 2 is 0.701 bits per heavy atom. The van der Waals surface area contributed by atoms with E-state index in [2.05, 4.69) is 52.9 Å². The maximum Gasteiger partial charge on any atom is 0.490 e. The Morgan fingerprint density at radius 1 is 0.463 bits per heavy atom. The number of hydrogen-bond donors (Lipinski definition) is 9. The van der Waals surface area contributed by atoms with E-state index in [4.69, 9.17) is 44.3 Å². The summed E-state index contributed by atoms with van der Waals surface area (Å²) in [7, 11) is 0. The molecule has 0 saturated heterocycles. The van der Waals surface area contributed by atoms with Crippen molar-refractivity contribution in [2.75, 3.05) is 89.5 Å². The highest BCUT2D eigenvalue weighted by Gasteiger charge is 2.38. The first-order valence-electron chi connectivity index (χ1n) is 24.7. The summed E-state index contributed by atoms with van der Waals surface area (Å²) in [6.45, 7) is 7.93. The molecule has 0 spiro atoms. The molecule has 0 saturated carbocycles. The van der Waals surface area contributed by atoms with E-state index in [1.165, 1.54) is 25.7 Å². The molecule has 0 aliphatic carbocycles. The maximum atomic E-state index is 14.3. The van der Waals surface area contributed by atoms with Gasteiger partial charge in [0.25, 0.3) is 0 Å². The molecule has 0 radical (unpaired) electrons. The molecule has 0 aromatic rings. The number of rotatable bonds is 42. The second-order valence-corrected chi connectivity index (χ2v) is 18.5. The van der Waals surface area contributed by atoms with Gasteiger partial charge in [-0.2, -0.15) is 36.7 Å². The minimum Gasteiger partial charge on any atom is -0.475 e. The molecule has 0 aromatic heterocycles. The Bertz CT molecular complexity index is 1230. The van der Waals surface area contributed by atoms with Gasteiger partial charge < -0.3 is 59.9 Å². The summed E-state index contributed by atoms with van der Waals surface area (Å²) in [6.07, 6.45) is 25.8. The lowest BCUT2D eigenvalue weighted by molar-refractivity contribution is -0.192. The number of thioether (sulfide) groups is 2. The Morgan fingerprint density at radius 3 is 0.940 bits per heavy atom. The zero-order valence-corrected chi connectivity index (χ0v) is 43.0. The van der Waals surface area contributed by atoms with Crippen molar-refractivity contribution in [1.82, 2.24) is 20.4 Å². The Hall–Kier alpha value is -3.69. The average molecular weight is 999 g/mol. The number of aliphatic imine (C=N–C) groups is 4. The van der Waals surface area contributed by atoms with Crippen molar-refractivity contribution in [2.24, 2.45) is 54.4 Å². The van der Waals surface area contributed by atoms with Gasteiger partial charge in [0.1, 0.15) is 0 Å². The van der Waals surface area contributed by atoms with Gasteiger partial charge in [0.05, 0.1) is 0 Å². The highest BCUT2D eigenvalue weighted by atomic mass is 32.2. The van der Waals surface area contributed by atoms with Crippen LogP contribution in [-0.4, -0.2) is 146 Å². The first kappa shape index (κ1) is 65.4. The highest BCUT2D eigenvalue weighted by molar-refractivity contribution is 7.98. The van der Waals surface area contributed by atoms with Crippen LogP contribution in [0.25, 0.3) is 0 Å². The second kappa shape index (κ2) is 47.4. The smallest absolute Gasteiger partial charge is 0.475 e. The standard InChI is InChI=1S/C43H92N14OS2.C2HF3O2/c1-59-37-31-54-41(48)52-29-21-13-5-9-17-25-35-56(33-23-15-7-3-11-19-27-50-39(44)45)43(58)57(34-24-16-8-4-12-20-28-51-40(46)47)36-26-18-10-6-14-22-30-53-42(49)55-32-38-60-2;3-2(4,5)1(6)7/h3-38H2,1-2H3,(H4,44,45,50)(H4,46,47,51)(H3,48,52,54)(H3,49,53,55);(H,6,7). The average Bonchev–Trinajstić information content (AvgIpc) is 3.27. The van der Waals surface area contributed by atoms with Crippen LogP contribution >= 0.6 is 23.5 Å². The number of carbonyl (C=O) groups is 2. The lowest BCUT2D eigenvalue weighted by atomic mass is 10.1. The van der Waals surface area contributed by atoms with Crippen LogP contribution in [0.3, 0.4) is 0 Å². The number of aliphatic carboxylic acids is 1. The van der Waals surface area contributed by atoms with Crippen LogP contribution in [0.2, 0.25) is 0 Å². The number of carbonyl (C=O) groups excluding carboxylic acids is 1. The molecular formula is C45H93F3N14O3S2. The van der Waals surface area contributed by atoms with Gasteiger partial charge in [-0.1, -0.05) is 103 Å². The molecule has 0 rings (SSSR count). The molecule has 0 aliphatic rings. The van der Waals surface area contributed by atoms with Crippen LogP contribution in [0.5, 0.6) is 0 Å². The summed E-state index contributed by atoms with van der Waals surface area (Å²) in [5.74, 6) is 0.726. The number of hydrogen-bond acceptors (Lipinski definition) is 8. The van der Waals surface area contributed by atoms with Gasteiger partial charge >= 0.3 is 18.2 Å². The minimum absolute atomic E-state index is 0.166. The summed E-state index contributed by atoms with van der Waals surface area (Å²) in [4.78, 5) is 44.7. The number of alkyl halides is 3. The van der Waals surface area contributed by atoms with Crippen molar-refractivity contribution < 1.29 is 27.9 Å². The monoisotopic (exact) mass is 999 g/mol. The fourth-order valence-corrected chi connectivity index (χ4v) is 7.39. The largest absolute Gasteiger partial charge is 0.490 e. The summed E-state index contributed by atoms with van der Waals surface area (Å²) in [6, 6.07) is 0.229. The molecule has 15 N–H and O–H groups in total. The number of guanidine groups is 4. The van der Waals surface area contributed by atoms with Gasteiger partial charge in [-0.05, 0) is 63.9 Å². The summed E-state index contributed by atoms with van der Waals surface area (Å²) in [5.41, 5.74) is 33.8. The summed E-state index contributed by atoms with van der Waals surface area (Å²) < 4.78 is 31.7. The van der Waals surface area contributed by atoms with Crippen LogP contribution in [0.15, 0.2) is 20.0 Å². The van der Waals surface area contributed by atoms with Crippen molar-refractivity contribution in [1.29, 1.82) is 0 Å². The molecule has 0 atom stereocenters. The quantitative estimate of drug-likeness (QED) is 0.0173. The van der Waals surface area contributed by atoms with Crippen LogP contribution < -0.4 is 45.0 Å². The highest BCUT2D eigenvalue weighted by Crippen LogP contribution is 2.16. The summed E-state index contributed by atoms with van der Waals surface area (Å²) >= 11 is 3.59. The number of unbranched alkanes of at least 4 members (excludes halogenated alkanes) is 20. The molecule has 67 heavy (non-hydrogen) atoms. The van der Waals surface area contributed by atoms with E-state index in [1.807, 2.05) is 0 Å². The van der Waals surface area contributed by atoms with E-state index in [0.717, 1.165) is 192 Å². The van der Waals surface area contributed by atoms with Gasteiger partial charge in [0.2, 0.25) is 0 Å². The number of urea groups is 1. The topological polar surface area (TPSA) is 290 Å². The Kier molecular flexibility index (Phi) is 46.2. The molecule has 17 nitrogen and oxygen atoms in total. The molecule has 0 aliphatic heterocycles. The second-order valence-electron chi connectivity index (χ2n) is 16.5. The Balaban J connectivity index is 0. The molecule has 394 valence electrons. The molecule has 0 bridgehead atoms. The number of amides is 2. The third-order valence-electron chi connectivity index (χ3n) is 10.5. The third kappa shape index (κ3) is 48.6. The predicted molar refractivity (Wildman–Crippen MR) is 280 cm³/mol. The third-order valence-corrected chi connectivity index (χ3v) is 11.7. The molecule has 0 heterocycles. The van der Waals surface area contributed by atoms with E-state index >= 15 is 0 Å². The molecule has 0 fully saturated rings. The first-order valence-corrected chi connectivity index (χ1v) is 27.4. The number of halogens is 3. The number of nitrogens with one attached hydrogen (secondary N) is 2. The zero-order valence-electron chi connectivity index (χ0n) is 41.3. The molecule has 0 unspecified atom stereocenters. The van der Waals surface area contributed by atoms with Crippen molar-refractivity contribution in [3.63, 3.8) is 0 Å².